The van der Waals surface area contributed by atoms with Crippen LogP contribution in [0, 0.1) is 0 Å². The second-order valence-electron chi connectivity index (χ2n) is 7.43. The van der Waals surface area contributed by atoms with Crippen molar-refractivity contribution in [1.29, 1.82) is 0 Å². The first kappa shape index (κ1) is 17.8. The first-order valence-corrected chi connectivity index (χ1v) is 10.7. The van der Waals surface area contributed by atoms with Gasteiger partial charge in [0.1, 0.15) is 6.61 Å². The maximum atomic E-state index is 12.2. The average Bonchev–Trinajstić information content (AvgIpc) is 2.68. The number of hydroxylamine groups is 2. The van der Waals surface area contributed by atoms with Gasteiger partial charge in [-0.2, -0.15) is 0 Å². The van der Waals surface area contributed by atoms with Gasteiger partial charge in [0.05, 0.1) is 17.2 Å². The number of rotatable bonds is 5. The third-order valence-electron chi connectivity index (χ3n) is 4.50. The van der Waals surface area contributed by atoms with Crippen LogP contribution in [0.4, 0.5) is 0 Å². The SMILES string of the molecule is CC(CON1C(=O)c2ccccc2C1=O)O[Si](C)(C)C(C)(C)C. The minimum atomic E-state index is -1.91. The van der Waals surface area contributed by atoms with E-state index in [4.69, 9.17) is 9.26 Å². The molecule has 1 heterocycles. The topological polar surface area (TPSA) is 55.8 Å². The van der Waals surface area contributed by atoms with Crippen molar-refractivity contribution in [3.05, 3.63) is 35.4 Å². The molecule has 1 aromatic carbocycles. The van der Waals surface area contributed by atoms with Gasteiger partial charge in [-0.05, 0) is 37.2 Å². The van der Waals surface area contributed by atoms with Crippen molar-refractivity contribution in [2.45, 2.75) is 51.9 Å². The van der Waals surface area contributed by atoms with Crippen LogP contribution in [0.25, 0.3) is 0 Å². The lowest BCUT2D eigenvalue weighted by atomic mass is 10.1. The second-order valence-corrected chi connectivity index (χ2v) is 12.2. The number of hydrogen-bond acceptors (Lipinski definition) is 4. The van der Waals surface area contributed by atoms with Gasteiger partial charge < -0.3 is 4.43 Å². The molecule has 1 aliphatic heterocycles. The van der Waals surface area contributed by atoms with Crippen LogP contribution in [0.2, 0.25) is 18.1 Å². The van der Waals surface area contributed by atoms with Crippen molar-refractivity contribution in [3.63, 3.8) is 0 Å². The van der Waals surface area contributed by atoms with Gasteiger partial charge in [-0.1, -0.05) is 32.9 Å². The van der Waals surface area contributed by atoms with Crippen LogP contribution in [0.1, 0.15) is 48.4 Å². The molecular weight excluding hydrogens is 310 g/mol. The summed E-state index contributed by atoms with van der Waals surface area (Å²) in [6.07, 6.45) is -0.194. The van der Waals surface area contributed by atoms with E-state index < -0.39 is 20.1 Å². The fraction of sp³-hybridized carbons (Fsp3) is 0.529. The number of benzene rings is 1. The highest BCUT2D eigenvalue weighted by Crippen LogP contribution is 2.37. The number of nitrogens with zero attached hydrogens (tertiary/aromatic N) is 1. The third kappa shape index (κ3) is 3.54. The van der Waals surface area contributed by atoms with Gasteiger partial charge >= 0.3 is 0 Å². The smallest absolute Gasteiger partial charge is 0.285 e. The Bertz CT molecular complexity index is 586. The molecular formula is C17H25NO4Si. The highest BCUT2D eigenvalue weighted by Gasteiger charge is 2.40. The second kappa shape index (κ2) is 6.18. The number of amides is 2. The van der Waals surface area contributed by atoms with E-state index in [0.717, 1.165) is 5.06 Å². The lowest BCUT2D eigenvalue weighted by Gasteiger charge is -2.38. The normalized spacial score (nSPS) is 16.7. The zero-order valence-corrected chi connectivity index (χ0v) is 15.7. The van der Waals surface area contributed by atoms with Crippen LogP contribution in [-0.2, 0) is 9.26 Å². The Labute approximate surface area is 138 Å². The summed E-state index contributed by atoms with van der Waals surface area (Å²) in [6, 6.07) is 6.73. The summed E-state index contributed by atoms with van der Waals surface area (Å²) in [5, 5.41) is 0.937. The number of carbonyl (C=O) groups excluding carboxylic acids is 2. The molecule has 23 heavy (non-hydrogen) atoms. The molecule has 5 nitrogen and oxygen atoms in total. The van der Waals surface area contributed by atoms with Gasteiger partial charge in [0.25, 0.3) is 11.8 Å². The number of imide groups is 1. The highest BCUT2D eigenvalue weighted by atomic mass is 28.4. The summed E-state index contributed by atoms with van der Waals surface area (Å²) in [7, 11) is -1.91. The maximum Gasteiger partial charge on any atom is 0.285 e. The molecule has 2 amide bonds. The van der Waals surface area contributed by atoms with E-state index in [1.807, 2.05) is 6.92 Å². The van der Waals surface area contributed by atoms with Crippen molar-refractivity contribution >= 4 is 20.1 Å². The molecule has 0 saturated carbocycles. The van der Waals surface area contributed by atoms with Gasteiger partial charge in [-0.25, -0.2) is 0 Å². The quantitative estimate of drug-likeness (QED) is 0.609. The van der Waals surface area contributed by atoms with Crippen LogP contribution in [0.15, 0.2) is 24.3 Å². The van der Waals surface area contributed by atoms with E-state index in [2.05, 4.69) is 33.9 Å². The molecule has 126 valence electrons. The number of carbonyl (C=O) groups is 2. The Morgan fingerprint density at radius 3 is 2.00 bits per heavy atom. The molecule has 0 fully saturated rings. The van der Waals surface area contributed by atoms with Crippen molar-refractivity contribution in [2.75, 3.05) is 6.61 Å². The van der Waals surface area contributed by atoms with Gasteiger partial charge in [0, 0.05) is 0 Å². The summed E-state index contributed by atoms with van der Waals surface area (Å²) < 4.78 is 6.17. The minimum Gasteiger partial charge on any atom is -0.412 e. The zero-order valence-electron chi connectivity index (χ0n) is 14.7. The van der Waals surface area contributed by atoms with Gasteiger partial charge in [-0.3, -0.25) is 14.4 Å². The molecule has 0 aliphatic carbocycles. The lowest BCUT2D eigenvalue weighted by molar-refractivity contribution is -0.111. The lowest BCUT2D eigenvalue weighted by Crippen LogP contribution is -2.45. The summed E-state index contributed by atoms with van der Waals surface area (Å²) in [5.41, 5.74) is 0.769. The van der Waals surface area contributed by atoms with Crippen LogP contribution < -0.4 is 0 Å². The fourth-order valence-corrected chi connectivity index (χ4v) is 3.61. The minimum absolute atomic E-state index is 0.0940. The fourth-order valence-electron chi connectivity index (χ4n) is 2.18. The average molecular weight is 335 g/mol. The Balaban J connectivity index is 1.98. The van der Waals surface area contributed by atoms with Crippen molar-refractivity contribution < 1.29 is 18.9 Å². The summed E-state index contributed by atoms with van der Waals surface area (Å²) in [6.45, 7) is 12.9. The highest BCUT2D eigenvalue weighted by molar-refractivity contribution is 6.74. The maximum absolute atomic E-state index is 12.2. The Morgan fingerprint density at radius 1 is 1.09 bits per heavy atom. The van der Waals surface area contributed by atoms with Gasteiger partial charge in [0.15, 0.2) is 8.32 Å². The van der Waals surface area contributed by atoms with E-state index in [1.165, 1.54) is 0 Å². The third-order valence-corrected chi connectivity index (χ3v) is 9.10. The Kier molecular flexibility index (Phi) is 4.80. The molecule has 0 saturated heterocycles. The van der Waals surface area contributed by atoms with E-state index in [-0.39, 0.29) is 17.7 Å². The predicted molar refractivity (Wildman–Crippen MR) is 90.6 cm³/mol. The Hall–Kier alpha value is -1.50. The molecule has 0 bridgehead atoms. The summed E-state index contributed by atoms with van der Waals surface area (Å²) in [5.74, 6) is -0.824. The van der Waals surface area contributed by atoms with Gasteiger partial charge in [-0.15, -0.1) is 5.06 Å². The monoisotopic (exact) mass is 335 g/mol. The number of fused-ring (bicyclic) bond motifs is 1. The van der Waals surface area contributed by atoms with E-state index in [1.54, 1.807) is 24.3 Å². The van der Waals surface area contributed by atoms with Crippen LogP contribution >= 0.6 is 0 Å². The molecule has 0 aromatic heterocycles. The Morgan fingerprint density at radius 2 is 1.57 bits per heavy atom. The van der Waals surface area contributed by atoms with Crippen molar-refractivity contribution in [2.24, 2.45) is 0 Å². The van der Waals surface area contributed by atoms with Crippen molar-refractivity contribution in [3.8, 4) is 0 Å². The van der Waals surface area contributed by atoms with Gasteiger partial charge in [0.2, 0.25) is 0 Å². The first-order valence-electron chi connectivity index (χ1n) is 7.83. The van der Waals surface area contributed by atoms with Crippen LogP contribution in [0.3, 0.4) is 0 Å². The van der Waals surface area contributed by atoms with Crippen LogP contribution in [0.5, 0.6) is 0 Å². The molecule has 0 radical (unpaired) electrons. The van der Waals surface area contributed by atoms with E-state index >= 15 is 0 Å². The molecule has 1 aromatic rings. The molecule has 1 atom stereocenters. The zero-order chi connectivity index (χ0) is 17.4. The molecule has 1 aliphatic rings. The van der Waals surface area contributed by atoms with Crippen molar-refractivity contribution in [1.82, 2.24) is 5.06 Å². The molecule has 0 spiro atoms. The molecule has 6 heteroatoms. The number of hydrogen-bond donors (Lipinski definition) is 0. The first-order chi connectivity index (χ1) is 10.5. The summed E-state index contributed by atoms with van der Waals surface area (Å²) in [4.78, 5) is 29.9. The molecule has 2 rings (SSSR count). The standard InChI is InChI=1S/C17H25NO4Si/c1-12(22-23(5,6)17(2,3)4)11-21-18-15(19)13-9-7-8-10-14(13)16(18)20/h7-10,12H,11H2,1-6H3. The largest absolute Gasteiger partial charge is 0.412 e. The van der Waals surface area contributed by atoms with E-state index in [9.17, 15) is 9.59 Å². The predicted octanol–water partition coefficient (Wildman–Crippen LogP) is 3.62. The summed E-state index contributed by atoms with van der Waals surface area (Å²) >= 11 is 0. The molecule has 1 unspecified atom stereocenters. The van der Waals surface area contributed by atoms with Crippen LogP contribution in [-0.4, -0.2) is 37.9 Å². The molecule has 0 N–H and O–H groups in total. The van der Waals surface area contributed by atoms with E-state index in [0.29, 0.717) is 11.1 Å².